The first kappa shape index (κ1) is 22.1. The van der Waals surface area contributed by atoms with E-state index in [2.05, 4.69) is 131 Å². The maximum Gasteiger partial charge on any atom is 0.294 e. The first-order chi connectivity index (χ1) is 15.3. The van der Waals surface area contributed by atoms with Crippen LogP contribution in [0.4, 0.5) is 0 Å². The molecule has 0 amide bonds. The minimum atomic E-state index is 0.371. The van der Waals surface area contributed by atoms with Gasteiger partial charge in [-0.15, -0.1) is 0 Å². The zero-order valence-electron chi connectivity index (χ0n) is 20.5. The minimum Gasteiger partial charge on any atom is -0.225 e. The lowest BCUT2D eigenvalue weighted by molar-refractivity contribution is -0.584. The number of hydrogen-bond acceptors (Lipinski definition) is 0. The standard InChI is InChI=1S/C30H35N2/c1-20(2)27-15-11-12-16-28(27)30-31(19-24(7)32(30)21(3)4)29-22(5)17-26(18-23(29)6)25-13-9-8-10-14-25/h8-21H,1-7H3/q+1. The second kappa shape index (κ2) is 8.78. The van der Waals surface area contributed by atoms with Gasteiger partial charge in [0, 0.05) is 6.92 Å². The van der Waals surface area contributed by atoms with E-state index in [4.69, 9.17) is 0 Å². The molecule has 0 N–H and O–H groups in total. The normalized spacial score (nSPS) is 11.5. The van der Waals surface area contributed by atoms with Crippen LogP contribution in [0, 0.1) is 20.8 Å². The second-order valence-electron chi connectivity index (χ2n) is 9.49. The van der Waals surface area contributed by atoms with Crippen molar-refractivity contribution in [1.29, 1.82) is 0 Å². The van der Waals surface area contributed by atoms with Crippen molar-refractivity contribution in [2.24, 2.45) is 0 Å². The molecule has 0 spiro atoms. The fourth-order valence-electron chi connectivity index (χ4n) is 5.01. The molecule has 0 atom stereocenters. The number of imidazole rings is 1. The molecule has 3 aromatic carbocycles. The van der Waals surface area contributed by atoms with Crippen LogP contribution in [0.1, 0.15) is 62.0 Å². The highest BCUT2D eigenvalue weighted by molar-refractivity contribution is 5.68. The Morgan fingerprint density at radius 3 is 1.91 bits per heavy atom. The summed E-state index contributed by atoms with van der Waals surface area (Å²) in [6, 6.07) is 24.6. The largest absolute Gasteiger partial charge is 0.294 e. The molecule has 0 saturated heterocycles. The van der Waals surface area contributed by atoms with Crippen LogP contribution in [0.2, 0.25) is 0 Å². The number of aromatic nitrogens is 2. The predicted octanol–water partition coefficient (Wildman–Crippen LogP) is 7.73. The van der Waals surface area contributed by atoms with Gasteiger partial charge >= 0.3 is 0 Å². The maximum absolute atomic E-state index is 2.48. The van der Waals surface area contributed by atoms with E-state index >= 15 is 0 Å². The highest BCUT2D eigenvalue weighted by atomic mass is 15.2. The summed E-state index contributed by atoms with van der Waals surface area (Å²) in [4.78, 5) is 0. The molecule has 0 bridgehead atoms. The molecule has 0 aliphatic rings. The van der Waals surface area contributed by atoms with E-state index in [1.54, 1.807) is 0 Å². The number of rotatable bonds is 5. The summed E-state index contributed by atoms with van der Waals surface area (Å²) in [5.74, 6) is 1.72. The molecule has 1 heterocycles. The van der Waals surface area contributed by atoms with Crippen molar-refractivity contribution in [2.75, 3.05) is 0 Å². The monoisotopic (exact) mass is 423 g/mol. The van der Waals surface area contributed by atoms with Crippen LogP contribution in [0.25, 0.3) is 28.2 Å². The van der Waals surface area contributed by atoms with Gasteiger partial charge in [0.1, 0.15) is 17.6 Å². The van der Waals surface area contributed by atoms with Gasteiger partial charge in [0.2, 0.25) is 0 Å². The molecule has 1 aromatic heterocycles. The lowest BCUT2D eigenvalue weighted by Gasteiger charge is -2.16. The molecule has 32 heavy (non-hydrogen) atoms. The molecule has 0 fully saturated rings. The maximum atomic E-state index is 2.48. The summed E-state index contributed by atoms with van der Waals surface area (Å²) in [5.41, 5.74) is 10.4. The average molecular weight is 424 g/mol. The molecule has 4 aromatic rings. The van der Waals surface area contributed by atoms with Crippen molar-refractivity contribution < 1.29 is 4.57 Å². The lowest BCUT2D eigenvalue weighted by atomic mass is 9.95. The van der Waals surface area contributed by atoms with Crippen LogP contribution in [0.5, 0.6) is 0 Å². The van der Waals surface area contributed by atoms with Crippen molar-refractivity contribution >= 4 is 0 Å². The highest BCUT2D eigenvalue weighted by Gasteiger charge is 2.30. The molecule has 2 nitrogen and oxygen atoms in total. The summed E-state index contributed by atoms with van der Waals surface area (Å²) < 4.78 is 4.90. The van der Waals surface area contributed by atoms with Crippen molar-refractivity contribution in [3.8, 4) is 28.2 Å². The molecule has 0 saturated carbocycles. The van der Waals surface area contributed by atoms with Crippen LogP contribution in [-0.2, 0) is 0 Å². The number of benzene rings is 3. The molecule has 2 heteroatoms. The molecule has 0 aliphatic heterocycles. The molecule has 0 unspecified atom stereocenters. The van der Waals surface area contributed by atoms with Gasteiger partial charge in [0.05, 0.1) is 11.6 Å². The highest BCUT2D eigenvalue weighted by Crippen LogP contribution is 2.33. The quantitative estimate of drug-likeness (QED) is 0.290. The van der Waals surface area contributed by atoms with Crippen LogP contribution < -0.4 is 4.57 Å². The van der Waals surface area contributed by atoms with Gasteiger partial charge in [0.25, 0.3) is 5.82 Å². The zero-order chi connectivity index (χ0) is 23.0. The van der Waals surface area contributed by atoms with Gasteiger partial charge in [-0.2, -0.15) is 4.57 Å². The third kappa shape index (κ3) is 3.90. The molecular formula is C30H35N2+. The third-order valence-corrected chi connectivity index (χ3v) is 6.33. The SMILES string of the molecule is Cc1cc(-c2ccccc2)cc(C)c1-[n+]1cc(C)n(C(C)C)c1-c1ccccc1C(C)C. The van der Waals surface area contributed by atoms with Crippen LogP contribution in [-0.4, -0.2) is 4.57 Å². The number of aryl methyl sites for hydroxylation is 3. The van der Waals surface area contributed by atoms with Gasteiger partial charge in [-0.3, -0.25) is 0 Å². The fraction of sp³-hybridized carbons (Fsp3) is 0.300. The van der Waals surface area contributed by atoms with Crippen molar-refractivity contribution in [3.05, 3.63) is 95.3 Å². The van der Waals surface area contributed by atoms with Crippen molar-refractivity contribution in [2.45, 2.75) is 60.4 Å². The van der Waals surface area contributed by atoms with Crippen molar-refractivity contribution in [3.63, 3.8) is 0 Å². The first-order valence-corrected chi connectivity index (χ1v) is 11.7. The van der Waals surface area contributed by atoms with E-state index < -0.39 is 0 Å². The Kier molecular flexibility index (Phi) is 6.06. The first-order valence-electron chi connectivity index (χ1n) is 11.7. The molecular weight excluding hydrogens is 388 g/mol. The molecule has 0 radical (unpaired) electrons. The summed E-state index contributed by atoms with van der Waals surface area (Å²) in [7, 11) is 0. The van der Waals surface area contributed by atoms with Gasteiger partial charge in [0.15, 0.2) is 0 Å². The van der Waals surface area contributed by atoms with Gasteiger partial charge in [-0.25, -0.2) is 4.57 Å². The topological polar surface area (TPSA) is 8.81 Å². The Morgan fingerprint density at radius 1 is 0.719 bits per heavy atom. The lowest BCUT2D eigenvalue weighted by Crippen LogP contribution is -2.34. The number of nitrogens with zero attached hydrogens (tertiary/aromatic N) is 2. The third-order valence-electron chi connectivity index (χ3n) is 6.33. The summed E-state index contributed by atoms with van der Waals surface area (Å²) in [6.07, 6.45) is 2.31. The van der Waals surface area contributed by atoms with Gasteiger partial charge in [-0.05, 0) is 79.6 Å². The van der Waals surface area contributed by atoms with Gasteiger partial charge < -0.3 is 0 Å². The Balaban J connectivity index is 2.00. The van der Waals surface area contributed by atoms with Crippen LogP contribution in [0.3, 0.4) is 0 Å². The second-order valence-corrected chi connectivity index (χ2v) is 9.49. The van der Waals surface area contributed by atoms with E-state index in [9.17, 15) is 0 Å². The van der Waals surface area contributed by atoms with E-state index in [0.29, 0.717) is 12.0 Å². The van der Waals surface area contributed by atoms with Gasteiger partial charge in [-0.1, -0.05) is 62.4 Å². The van der Waals surface area contributed by atoms with Crippen molar-refractivity contribution in [1.82, 2.24) is 4.57 Å². The Morgan fingerprint density at radius 2 is 1.31 bits per heavy atom. The van der Waals surface area contributed by atoms with E-state index in [0.717, 1.165) is 0 Å². The molecule has 4 rings (SSSR count). The average Bonchev–Trinajstić information content (AvgIpc) is 3.10. The van der Waals surface area contributed by atoms with Crippen LogP contribution in [0.15, 0.2) is 72.9 Å². The minimum absolute atomic E-state index is 0.371. The Hall–Kier alpha value is -3.13. The fourth-order valence-corrected chi connectivity index (χ4v) is 5.01. The summed E-state index contributed by atoms with van der Waals surface area (Å²) in [5, 5.41) is 0. The van der Waals surface area contributed by atoms with E-state index in [-0.39, 0.29) is 0 Å². The smallest absolute Gasteiger partial charge is 0.225 e. The number of hydrogen-bond donors (Lipinski definition) is 0. The van der Waals surface area contributed by atoms with E-state index in [1.807, 2.05) is 0 Å². The Bertz CT molecular complexity index is 1220. The molecule has 0 aliphatic carbocycles. The van der Waals surface area contributed by atoms with Crippen LogP contribution >= 0.6 is 0 Å². The zero-order valence-corrected chi connectivity index (χ0v) is 20.5. The summed E-state index contributed by atoms with van der Waals surface area (Å²) in [6.45, 7) is 15.8. The summed E-state index contributed by atoms with van der Waals surface area (Å²) >= 11 is 0. The van der Waals surface area contributed by atoms with E-state index in [1.165, 1.54) is 50.6 Å². The predicted molar refractivity (Wildman–Crippen MR) is 136 cm³/mol. The Labute approximate surface area is 193 Å². The molecule has 164 valence electrons.